The number of nitrogens with zero attached hydrogens (tertiary/aromatic N) is 3. The van der Waals surface area contributed by atoms with Gasteiger partial charge in [0.15, 0.2) is 10.9 Å². The van der Waals surface area contributed by atoms with Gasteiger partial charge in [-0.2, -0.15) is 10.6 Å². The lowest BCUT2D eigenvalue weighted by atomic mass is 10.1. The highest BCUT2D eigenvalue weighted by Crippen LogP contribution is 2.75. The second kappa shape index (κ2) is 10.1. The monoisotopic (exact) mass is 543 g/mol. The summed E-state index contributed by atoms with van der Waals surface area (Å²) in [5, 5.41) is 6.49. The number of ether oxygens (including phenoxy) is 1. The SMILES string of the molecule is CNC(=S)Nc1ccc(-c2nc(N3CCOC[C@@H]3C)cc(C3(S(O)(O)c4ccc(F)cc4)CC3)n2)cc1. The van der Waals surface area contributed by atoms with Gasteiger partial charge in [0, 0.05) is 30.9 Å². The molecule has 0 amide bonds. The van der Waals surface area contributed by atoms with Crippen LogP contribution in [-0.4, -0.2) is 57.0 Å². The van der Waals surface area contributed by atoms with E-state index in [1.165, 1.54) is 24.3 Å². The molecule has 1 atom stereocenters. The number of morpholine rings is 1. The molecule has 37 heavy (non-hydrogen) atoms. The molecule has 1 saturated heterocycles. The zero-order valence-corrected chi connectivity index (χ0v) is 22.3. The number of rotatable bonds is 6. The summed E-state index contributed by atoms with van der Waals surface area (Å²) in [4.78, 5) is 12.2. The van der Waals surface area contributed by atoms with Crippen molar-refractivity contribution < 1.29 is 18.2 Å². The van der Waals surface area contributed by atoms with E-state index in [9.17, 15) is 13.5 Å². The fourth-order valence-corrected chi connectivity index (χ4v) is 6.71. The normalized spacial score (nSPS) is 19.3. The molecule has 1 aromatic heterocycles. The van der Waals surface area contributed by atoms with Gasteiger partial charge < -0.3 is 20.3 Å². The van der Waals surface area contributed by atoms with E-state index < -0.39 is 21.2 Å². The Morgan fingerprint density at radius 2 is 1.84 bits per heavy atom. The van der Waals surface area contributed by atoms with Crippen LogP contribution in [0.2, 0.25) is 0 Å². The molecule has 0 unspecified atom stereocenters. The van der Waals surface area contributed by atoms with Crippen molar-refractivity contribution in [3.05, 3.63) is 66.1 Å². The smallest absolute Gasteiger partial charge is 0.170 e. The van der Waals surface area contributed by atoms with Crippen molar-refractivity contribution in [1.29, 1.82) is 0 Å². The predicted molar refractivity (Wildman–Crippen MR) is 149 cm³/mol. The van der Waals surface area contributed by atoms with Crippen molar-refractivity contribution >= 4 is 39.4 Å². The highest BCUT2D eigenvalue weighted by molar-refractivity contribution is 8.25. The topological polar surface area (TPSA) is 103 Å². The molecule has 0 spiro atoms. The maximum atomic E-state index is 13.6. The van der Waals surface area contributed by atoms with Crippen molar-refractivity contribution in [2.75, 3.05) is 37.0 Å². The molecule has 0 bridgehead atoms. The third-order valence-corrected chi connectivity index (χ3v) is 9.80. The van der Waals surface area contributed by atoms with Gasteiger partial charge in [0.1, 0.15) is 16.4 Å². The molecule has 196 valence electrons. The Morgan fingerprint density at radius 1 is 1.14 bits per heavy atom. The average Bonchev–Trinajstić information content (AvgIpc) is 3.72. The largest absolute Gasteiger partial charge is 0.377 e. The third kappa shape index (κ3) is 5.01. The van der Waals surface area contributed by atoms with Crippen LogP contribution in [0.3, 0.4) is 0 Å². The Morgan fingerprint density at radius 3 is 2.46 bits per heavy atom. The molecule has 2 heterocycles. The standard InChI is InChI=1S/C26H30FN5O3S2/c1-17-16-35-14-13-32(17)23-15-22(26(11-12-26)37(33,34)21-9-5-19(27)6-10-21)30-24(31-23)18-3-7-20(8-4-18)29-25(36)28-2/h3-10,15,17,33-34H,11-14,16H2,1-2H3,(H2,28,29,36)/t17-/m0/s1. The summed E-state index contributed by atoms with van der Waals surface area (Å²) in [5.74, 6) is 0.787. The quantitative estimate of drug-likeness (QED) is 0.312. The molecule has 2 fully saturated rings. The molecule has 4 N–H and O–H groups in total. The van der Waals surface area contributed by atoms with Crippen molar-refractivity contribution in [2.45, 2.75) is 35.4 Å². The zero-order valence-electron chi connectivity index (χ0n) is 20.6. The number of hydrogen-bond donors (Lipinski definition) is 4. The maximum Gasteiger partial charge on any atom is 0.170 e. The van der Waals surface area contributed by atoms with Crippen LogP contribution in [0.15, 0.2) is 59.5 Å². The second-order valence-electron chi connectivity index (χ2n) is 9.33. The lowest BCUT2D eigenvalue weighted by Crippen LogP contribution is -2.44. The van der Waals surface area contributed by atoms with E-state index in [0.29, 0.717) is 54.1 Å². The van der Waals surface area contributed by atoms with E-state index >= 15 is 0 Å². The lowest BCUT2D eigenvalue weighted by molar-refractivity contribution is 0.0985. The van der Waals surface area contributed by atoms with Gasteiger partial charge in [-0.15, -0.1) is 0 Å². The van der Waals surface area contributed by atoms with E-state index in [4.69, 9.17) is 26.9 Å². The van der Waals surface area contributed by atoms with Gasteiger partial charge in [-0.1, -0.05) is 0 Å². The van der Waals surface area contributed by atoms with E-state index in [1.807, 2.05) is 30.3 Å². The Hall–Kier alpha value is -2.83. The van der Waals surface area contributed by atoms with Gasteiger partial charge in [-0.05, 0) is 80.5 Å². The first kappa shape index (κ1) is 25.8. The van der Waals surface area contributed by atoms with E-state index in [-0.39, 0.29) is 6.04 Å². The van der Waals surface area contributed by atoms with Gasteiger partial charge in [0.25, 0.3) is 0 Å². The Balaban J connectivity index is 1.57. The van der Waals surface area contributed by atoms with Crippen LogP contribution < -0.4 is 15.5 Å². The van der Waals surface area contributed by atoms with Crippen LogP contribution in [0.1, 0.15) is 25.5 Å². The number of aromatic nitrogens is 2. The summed E-state index contributed by atoms with van der Waals surface area (Å²) >= 11 is 5.18. The molecular weight excluding hydrogens is 513 g/mol. The highest BCUT2D eigenvalue weighted by atomic mass is 32.3. The number of anilines is 2. The van der Waals surface area contributed by atoms with Gasteiger partial charge in [0.2, 0.25) is 0 Å². The van der Waals surface area contributed by atoms with Crippen LogP contribution in [0, 0.1) is 5.82 Å². The van der Waals surface area contributed by atoms with Crippen molar-refractivity contribution in [1.82, 2.24) is 15.3 Å². The Bertz CT molecular complexity index is 1290. The summed E-state index contributed by atoms with van der Waals surface area (Å²) in [6.45, 7) is 3.91. The van der Waals surface area contributed by atoms with Crippen molar-refractivity contribution in [3.63, 3.8) is 0 Å². The van der Waals surface area contributed by atoms with Gasteiger partial charge in [-0.3, -0.25) is 9.11 Å². The lowest BCUT2D eigenvalue weighted by Gasteiger charge is -2.41. The Kier molecular flexibility index (Phi) is 7.08. The Labute approximate surface area is 222 Å². The molecule has 1 saturated carbocycles. The molecular formula is C26H30FN5O3S2. The molecule has 3 aromatic rings. The molecule has 11 heteroatoms. The molecule has 1 aliphatic carbocycles. The number of hydrogen-bond acceptors (Lipinski definition) is 7. The summed E-state index contributed by atoms with van der Waals surface area (Å²) in [7, 11) is -1.56. The summed E-state index contributed by atoms with van der Waals surface area (Å²) in [6.07, 6.45) is 1.12. The van der Waals surface area contributed by atoms with Crippen LogP contribution in [0.4, 0.5) is 15.9 Å². The first-order valence-corrected chi connectivity index (χ1v) is 14.1. The fraction of sp³-hybridized carbons (Fsp3) is 0.346. The van der Waals surface area contributed by atoms with Crippen LogP contribution in [-0.2, 0) is 9.48 Å². The molecule has 0 radical (unpaired) electrons. The van der Waals surface area contributed by atoms with Gasteiger partial charge in [-0.25, -0.2) is 14.4 Å². The highest BCUT2D eigenvalue weighted by Gasteiger charge is 2.57. The van der Waals surface area contributed by atoms with Crippen LogP contribution >= 0.6 is 22.8 Å². The summed E-state index contributed by atoms with van der Waals surface area (Å²) in [5.41, 5.74) is 2.19. The van der Waals surface area contributed by atoms with Crippen LogP contribution in [0.5, 0.6) is 0 Å². The first-order valence-electron chi connectivity index (χ1n) is 12.1. The number of nitrogens with one attached hydrogen (secondary N) is 2. The minimum Gasteiger partial charge on any atom is -0.377 e. The molecule has 1 aliphatic heterocycles. The zero-order chi connectivity index (χ0) is 26.2. The predicted octanol–water partition coefficient (Wildman–Crippen LogP) is 5.22. The van der Waals surface area contributed by atoms with Crippen molar-refractivity contribution in [2.24, 2.45) is 0 Å². The number of benzene rings is 2. The molecule has 2 aliphatic rings. The minimum absolute atomic E-state index is 0.103. The summed E-state index contributed by atoms with van der Waals surface area (Å²) in [6, 6.07) is 15.0. The molecule has 8 nitrogen and oxygen atoms in total. The van der Waals surface area contributed by atoms with E-state index in [1.54, 1.807) is 7.05 Å². The second-order valence-corrected chi connectivity index (χ2v) is 12.1. The van der Waals surface area contributed by atoms with E-state index in [2.05, 4.69) is 22.5 Å². The third-order valence-electron chi connectivity index (χ3n) is 6.86. The summed E-state index contributed by atoms with van der Waals surface area (Å²) < 4.78 is 41.2. The first-order chi connectivity index (χ1) is 17.7. The fourth-order valence-electron chi connectivity index (χ4n) is 4.56. The van der Waals surface area contributed by atoms with Gasteiger partial charge in [0.05, 0.1) is 29.8 Å². The maximum absolute atomic E-state index is 13.6. The minimum atomic E-state index is -3.31. The van der Waals surface area contributed by atoms with Gasteiger partial charge >= 0.3 is 0 Å². The average molecular weight is 544 g/mol. The molecule has 5 rings (SSSR count). The van der Waals surface area contributed by atoms with Crippen molar-refractivity contribution in [3.8, 4) is 11.4 Å². The number of halogens is 1. The van der Waals surface area contributed by atoms with E-state index in [0.717, 1.165) is 17.1 Å². The van der Waals surface area contributed by atoms with Crippen LogP contribution in [0.25, 0.3) is 11.4 Å². The number of thiocarbonyl (C=S) groups is 1. The molecule has 2 aromatic carbocycles.